The normalized spacial score (nSPS) is 14.3. The number of ether oxygens (including phenoxy) is 1. The maximum atomic E-state index is 12.1. The molecule has 0 radical (unpaired) electrons. The number of nitrogens with one attached hydrogen (secondary N) is 1. The molecule has 5 nitrogen and oxygen atoms in total. The number of hydrogen-bond acceptors (Lipinski definition) is 4. The zero-order valence-corrected chi connectivity index (χ0v) is 12.3. The highest BCUT2D eigenvalue weighted by Gasteiger charge is 2.31. The lowest BCUT2D eigenvalue weighted by Crippen LogP contribution is -2.27. The lowest BCUT2D eigenvalue weighted by Gasteiger charge is -2.20. The number of alkyl halides is 3. The van der Waals surface area contributed by atoms with Crippen molar-refractivity contribution < 1.29 is 32.9 Å². The summed E-state index contributed by atoms with van der Waals surface area (Å²) in [6.07, 6.45) is -7.43. The highest BCUT2D eigenvalue weighted by molar-refractivity contribution is 6.31. The van der Waals surface area contributed by atoms with Gasteiger partial charge in [0.2, 0.25) is 5.91 Å². The third-order valence-electron chi connectivity index (χ3n) is 2.70. The lowest BCUT2D eigenvalue weighted by atomic mass is 10.0. The fraction of sp³-hybridized carbons (Fsp3) is 0.462. The van der Waals surface area contributed by atoms with Crippen LogP contribution in [0.5, 0.6) is 5.75 Å². The maximum absolute atomic E-state index is 12.1. The van der Waals surface area contributed by atoms with Gasteiger partial charge < -0.3 is 20.3 Å². The van der Waals surface area contributed by atoms with Gasteiger partial charge >= 0.3 is 6.36 Å². The van der Waals surface area contributed by atoms with Crippen molar-refractivity contribution in [3.8, 4) is 5.75 Å². The summed E-state index contributed by atoms with van der Waals surface area (Å²) >= 11 is 5.79. The van der Waals surface area contributed by atoms with Crippen molar-refractivity contribution >= 4 is 17.5 Å². The molecule has 0 aliphatic heterocycles. The van der Waals surface area contributed by atoms with Crippen LogP contribution in [0.25, 0.3) is 0 Å². The quantitative estimate of drug-likeness (QED) is 0.741. The van der Waals surface area contributed by atoms with Crippen molar-refractivity contribution in [2.24, 2.45) is 0 Å². The minimum Gasteiger partial charge on any atom is -0.406 e. The van der Waals surface area contributed by atoms with E-state index in [4.69, 9.17) is 11.6 Å². The van der Waals surface area contributed by atoms with Crippen LogP contribution in [-0.4, -0.2) is 35.1 Å². The van der Waals surface area contributed by atoms with E-state index < -0.39 is 24.3 Å². The predicted octanol–water partition coefficient (Wildman–Crippen LogP) is 2.16. The molecule has 0 aromatic heterocycles. The minimum atomic E-state index is -4.85. The average Bonchev–Trinajstić information content (AvgIpc) is 2.35. The number of aliphatic hydroxyl groups excluding tert-OH is 2. The van der Waals surface area contributed by atoms with Crippen LogP contribution >= 0.6 is 11.6 Å². The molecule has 1 amide bonds. The molecule has 0 spiro atoms. The smallest absolute Gasteiger partial charge is 0.406 e. The Bertz CT molecular complexity index is 524. The van der Waals surface area contributed by atoms with E-state index in [0.717, 1.165) is 18.2 Å². The molecule has 124 valence electrons. The number of amides is 1. The molecule has 2 atom stereocenters. The lowest BCUT2D eigenvalue weighted by molar-refractivity contribution is -0.274. The number of carbonyl (C=O) groups is 1. The van der Waals surface area contributed by atoms with Crippen molar-refractivity contribution in [3.63, 3.8) is 0 Å². The zero-order chi connectivity index (χ0) is 16.9. The van der Waals surface area contributed by atoms with Crippen LogP contribution < -0.4 is 10.1 Å². The molecule has 2 unspecified atom stereocenters. The van der Waals surface area contributed by atoms with Gasteiger partial charge in [-0.25, -0.2) is 0 Å². The Hall–Kier alpha value is -1.51. The summed E-state index contributed by atoms with van der Waals surface area (Å²) in [5, 5.41) is 22.0. The van der Waals surface area contributed by atoms with Crippen molar-refractivity contribution in [1.29, 1.82) is 0 Å². The van der Waals surface area contributed by atoms with Gasteiger partial charge in [-0.05, 0) is 18.6 Å². The van der Waals surface area contributed by atoms with Gasteiger partial charge in [0.15, 0.2) is 0 Å². The Morgan fingerprint density at radius 2 is 2.05 bits per heavy atom. The van der Waals surface area contributed by atoms with Crippen LogP contribution in [0.3, 0.4) is 0 Å². The molecule has 0 fully saturated rings. The van der Waals surface area contributed by atoms with Crippen molar-refractivity contribution in [3.05, 3.63) is 28.8 Å². The van der Waals surface area contributed by atoms with Crippen molar-refractivity contribution in [1.82, 2.24) is 5.32 Å². The van der Waals surface area contributed by atoms with Gasteiger partial charge in [0.1, 0.15) is 11.9 Å². The van der Waals surface area contributed by atoms with Crippen molar-refractivity contribution in [2.75, 3.05) is 6.54 Å². The number of carbonyl (C=O) groups excluding carboxylic acids is 1. The zero-order valence-electron chi connectivity index (χ0n) is 11.5. The number of rotatable bonds is 6. The third kappa shape index (κ3) is 6.08. The van der Waals surface area contributed by atoms with Gasteiger partial charge in [-0.2, -0.15) is 0 Å². The van der Waals surface area contributed by atoms with Gasteiger partial charge in [-0.1, -0.05) is 17.7 Å². The van der Waals surface area contributed by atoms with Crippen LogP contribution in [0.1, 0.15) is 25.0 Å². The molecule has 0 saturated carbocycles. The number of aliphatic hydroxyl groups is 2. The highest BCUT2D eigenvalue weighted by Crippen LogP contribution is 2.32. The molecule has 3 N–H and O–H groups in total. The Balaban J connectivity index is 2.73. The summed E-state index contributed by atoms with van der Waals surface area (Å²) < 4.78 is 39.9. The fourth-order valence-electron chi connectivity index (χ4n) is 1.71. The van der Waals surface area contributed by atoms with Crippen LogP contribution in [-0.2, 0) is 4.79 Å². The Morgan fingerprint density at radius 3 is 2.55 bits per heavy atom. The Morgan fingerprint density at radius 1 is 1.41 bits per heavy atom. The van der Waals surface area contributed by atoms with Crippen LogP contribution in [0.4, 0.5) is 13.2 Å². The molecule has 1 rings (SSSR count). The monoisotopic (exact) mass is 341 g/mol. The summed E-state index contributed by atoms with van der Waals surface area (Å²) in [5.74, 6) is -0.811. The summed E-state index contributed by atoms with van der Waals surface area (Å²) in [6.45, 7) is 1.44. The molecule has 0 bridgehead atoms. The van der Waals surface area contributed by atoms with E-state index in [1.54, 1.807) is 0 Å². The standard InChI is InChI=1S/C13H15ClF3NO4/c1-7(19)18-5-4-11(20)12(21)9-3-2-8(6-10(9)14)22-13(15,16)17/h2-3,6,11-12,20-21H,4-5H2,1H3,(H,18,19). The second kappa shape index (κ2) is 7.66. The van der Waals surface area contributed by atoms with E-state index in [9.17, 15) is 28.2 Å². The molecule has 22 heavy (non-hydrogen) atoms. The van der Waals surface area contributed by atoms with E-state index in [1.807, 2.05) is 0 Å². The van der Waals surface area contributed by atoms with Gasteiger partial charge in [0.25, 0.3) is 0 Å². The Labute approximate surface area is 129 Å². The molecule has 1 aromatic carbocycles. The molecular formula is C13H15ClF3NO4. The molecular weight excluding hydrogens is 327 g/mol. The molecule has 0 aliphatic carbocycles. The van der Waals surface area contributed by atoms with Gasteiger partial charge in [0.05, 0.1) is 11.1 Å². The first-order valence-corrected chi connectivity index (χ1v) is 6.63. The average molecular weight is 342 g/mol. The van der Waals surface area contributed by atoms with Gasteiger partial charge in [0, 0.05) is 19.0 Å². The van der Waals surface area contributed by atoms with Crippen LogP contribution in [0.15, 0.2) is 18.2 Å². The second-order valence-corrected chi connectivity index (χ2v) is 4.92. The van der Waals surface area contributed by atoms with E-state index in [-0.39, 0.29) is 29.5 Å². The fourth-order valence-corrected chi connectivity index (χ4v) is 1.99. The molecule has 0 saturated heterocycles. The number of benzene rings is 1. The van der Waals surface area contributed by atoms with E-state index in [0.29, 0.717) is 0 Å². The topological polar surface area (TPSA) is 78.8 Å². The number of halogens is 4. The molecule has 1 aromatic rings. The van der Waals surface area contributed by atoms with Crippen LogP contribution in [0.2, 0.25) is 5.02 Å². The minimum absolute atomic E-state index is 0.0535. The first-order chi connectivity index (χ1) is 10.1. The van der Waals surface area contributed by atoms with Gasteiger partial charge in [-0.15, -0.1) is 13.2 Å². The summed E-state index contributed by atoms with van der Waals surface area (Å²) in [5.41, 5.74) is 0.0616. The first kappa shape index (κ1) is 18.5. The molecule has 0 heterocycles. The van der Waals surface area contributed by atoms with E-state index >= 15 is 0 Å². The first-order valence-electron chi connectivity index (χ1n) is 6.26. The molecule has 9 heteroatoms. The van der Waals surface area contributed by atoms with Crippen molar-refractivity contribution in [2.45, 2.75) is 31.9 Å². The summed E-state index contributed by atoms with van der Waals surface area (Å²) in [4.78, 5) is 10.7. The predicted molar refractivity (Wildman–Crippen MR) is 72.4 cm³/mol. The van der Waals surface area contributed by atoms with Crippen LogP contribution in [0, 0.1) is 0 Å². The second-order valence-electron chi connectivity index (χ2n) is 4.51. The highest BCUT2D eigenvalue weighted by atomic mass is 35.5. The van der Waals surface area contributed by atoms with E-state index in [1.165, 1.54) is 6.92 Å². The maximum Gasteiger partial charge on any atom is 0.573 e. The summed E-state index contributed by atoms with van der Waals surface area (Å²) in [6, 6.07) is 3.02. The van der Waals surface area contributed by atoms with Gasteiger partial charge in [-0.3, -0.25) is 4.79 Å². The SMILES string of the molecule is CC(=O)NCCC(O)C(O)c1ccc(OC(F)(F)F)cc1Cl. The molecule has 0 aliphatic rings. The third-order valence-corrected chi connectivity index (χ3v) is 3.03. The largest absolute Gasteiger partial charge is 0.573 e. The van der Waals surface area contributed by atoms with E-state index in [2.05, 4.69) is 10.1 Å². The Kier molecular flexibility index (Phi) is 6.46. The summed E-state index contributed by atoms with van der Waals surface area (Å²) in [7, 11) is 0. The number of hydrogen-bond donors (Lipinski definition) is 3.